The maximum absolute atomic E-state index is 11.1. The van der Waals surface area contributed by atoms with Crippen molar-refractivity contribution in [3.05, 3.63) is 59.5 Å². The molecule has 0 unspecified atom stereocenters. The number of aromatic carboxylic acids is 1. The van der Waals surface area contributed by atoms with Crippen molar-refractivity contribution in [2.45, 2.75) is 13.8 Å². The first-order valence-electron chi connectivity index (χ1n) is 6.79. The van der Waals surface area contributed by atoms with Crippen LogP contribution in [0.15, 0.2) is 46.9 Å². The summed E-state index contributed by atoms with van der Waals surface area (Å²) in [5.74, 6) is 0.0587. The minimum Gasteiger partial charge on any atom is -0.478 e. The fourth-order valence-corrected chi connectivity index (χ4v) is 2.27. The van der Waals surface area contributed by atoms with E-state index in [9.17, 15) is 4.79 Å². The summed E-state index contributed by atoms with van der Waals surface area (Å²) in [4.78, 5) is 11.1. The van der Waals surface area contributed by atoms with E-state index in [1.54, 1.807) is 19.1 Å². The summed E-state index contributed by atoms with van der Waals surface area (Å²) >= 11 is 0. The Kier molecular flexibility index (Phi) is 3.47. The summed E-state index contributed by atoms with van der Waals surface area (Å²) in [7, 11) is 0. The molecular weight excluding hydrogens is 280 g/mol. The minimum absolute atomic E-state index is 0.275. The fraction of sp³-hybridized carbons (Fsp3) is 0.118. The summed E-state index contributed by atoms with van der Waals surface area (Å²) in [6.45, 7) is 3.70. The molecule has 0 bridgehead atoms. The highest BCUT2D eigenvalue weighted by Crippen LogP contribution is 2.27. The van der Waals surface area contributed by atoms with Gasteiger partial charge in [0.1, 0.15) is 0 Å². The third kappa shape index (κ3) is 2.61. The summed E-state index contributed by atoms with van der Waals surface area (Å²) in [6.07, 6.45) is 0. The summed E-state index contributed by atoms with van der Waals surface area (Å²) in [6, 6.07) is 12.7. The van der Waals surface area contributed by atoms with Crippen LogP contribution in [0.3, 0.4) is 0 Å². The minimum atomic E-state index is -0.931. The molecule has 3 aromatic rings. The van der Waals surface area contributed by atoms with Crippen molar-refractivity contribution in [2.24, 2.45) is 0 Å². The van der Waals surface area contributed by atoms with Crippen LogP contribution < -0.4 is 0 Å². The summed E-state index contributed by atoms with van der Waals surface area (Å²) < 4.78 is 5.39. The number of hydrogen-bond acceptors (Lipinski definition) is 4. The van der Waals surface area contributed by atoms with Crippen molar-refractivity contribution in [1.82, 2.24) is 10.2 Å². The van der Waals surface area contributed by atoms with Gasteiger partial charge in [-0.25, -0.2) is 4.79 Å². The average Bonchev–Trinajstić information content (AvgIpc) is 2.94. The largest absolute Gasteiger partial charge is 0.478 e. The normalized spacial score (nSPS) is 10.6. The van der Waals surface area contributed by atoms with Crippen LogP contribution in [-0.4, -0.2) is 21.3 Å². The number of carboxylic acid groups (broad SMARTS) is 1. The van der Waals surface area contributed by atoms with Crippen molar-refractivity contribution >= 4 is 5.97 Å². The molecular formula is C17H14N2O3. The molecule has 0 atom stereocenters. The number of benzene rings is 2. The molecule has 0 radical (unpaired) electrons. The maximum Gasteiger partial charge on any atom is 0.335 e. The zero-order valence-electron chi connectivity index (χ0n) is 12.2. The van der Waals surface area contributed by atoms with E-state index < -0.39 is 5.97 Å². The SMILES string of the molecule is Cc1nnc(-c2ccc(-c3cc(C(=O)O)ccc3C)cc2)o1. The van der Waals surface area contributed by atoms with Gasteiger partial charge in [-0.3, -0.25) is 0 Å². The predicted octanol–water partition coefficient (Wildman–Crippen LogP) is 3.72. The predicted molar refractivity (Wildman–Crippen MR) is 81.6 cm³/mol. The van der Waals surface area contributed by atoms with Gasteiger partial charge in [0.05, 0.1) is 5.56 Å². The summed E-state index contributed by atoms with van der Waals surface area (Å²) in [5, 5.41) is 16.9. The standard InChI is InChI=1S/C17H14N2O3/c1-10-3-4-14(17(20)21)9-15(10)12-5-7-13(8-6-12)16-19-18-11(2)22-16/h3-9H,1-2H3,(H,20,21). The van der Waals surface area contributed by atoms with E-state index in [2.05, 4.69) is 10.2 Å². The van der Waals surface area contributed by atoms with Crippen LogP contribution in [0.4, 0.5) is 0 Å². The second kappa shape index (κ2) is 5.44. The van der Waals surface area contributed by atoms with Crippen LogP contribution >= 0.6 is 0 Å². The molecule has 0 aliphatic heterocycles. The van der Waals surface area contributed by atoms with E-state index in [0.717, 1.165) is 22.3 Å². The van der Waals surface area contributed by atoms with Crippen LogP contribution in [0, 0.1) is 13.8 Å². The molecule has 1 N–H and O–H groups in total. The second-order valence-electron chi connectivity index (χ2n) is 5.04. The number of aromatic nitrogens is 2. The van der Waals surface area contributed by atoms with Gasteiger partial charge in [-0.15, -0.1) is 10.2 Å². The molecule has 0 aliphatic rings. The van der Waals surface area contributed by atoms with Crippen molar-refractivity contribution in [3.8, 4) is 22.6 Å². The third-order valence-corrected chi connectivity index (χ3v) is 3.45. The van der Waals surface area contributed by atoms with Gasteiger partial charge in [0.15, 0.2) is 0 Å². The molecule has 2 aromatic carbocycles. The first-order valence-corrected chi connectivity index (χ1v) is 6.79. The molecule has 5 nitrogen and oxygen atoms in total. The van der Waals surface area contributed by atoms with Gasteiger partial charge in [0, 0.05) is 12.5 Å². The van der Waals surface area contributed by atoms with E-state index in [4.69, 9.17) is 9.52 Å². The molecule has 22 heavy (non-hydrogen) atoms. The molecule has 1 aromatic heterocycles. The number of carbonyl (C=O) groups is 1. The Labute approximate surface area is 127 Å². The number of nitrogens with zero attached hydrogens (tertiary/aromatic N) is 2. The Morgan fingerprint density at radius 2 is 1.68 bits per heavy atom. The second-order valence-corrected chi connectivity index (χ2v) is 5.04. The van der Waals surface area contributed by atoms with Crippen LogP contribution in [0.2, 0.25) is 0 Å². The lowest BCUT2D eigenvalue weighted by atomic mass is 9.97. The van der Waals surface area contributed by atoms with E-state index in [-0.39, 0.29) is 5.56 Å². The van der Waals surface area contributed by atoms with Crippen LogP contribution in [-0.2, 0) is 0 Å². The number of hydrogen-bond donors (Lipinski definition) is 1. The molecule has 3 rings (SSSR count). The lowest BCUT2D eigenvalue weighted by molar-refractivity contribution is 0.0697. The van der Waals surface area contributed by atoms with Gasteiger partial charge in [0.2, 0.25) is 11.8 Å². The highest BCUT2D eigenvalue weighted by Gasteiger charge is 2.10. The van der Waals surface area contributed by atoms with E-state index in [0.29, 0.717) is 11.8 Å². The first kappa shape index (κ1) is 14.0. The Morgan fingerprint density at radius 1 is 1.00 bits per heavy atom. The van der Waals surface area contributed by atoms with Crippen molar-refractivity contribution in [3.63, 3.8) is 0 Å². The lowest BCUT2D eigenvalue weighted by Crippen LogP contribution is -1.97. The van der Waals surface area contributed by atoms with Gasteiger partial charge < -0.3 is 9.52 Å². The Balaban J connectivity index is 1.99. The highest BCUT2D eigenvalue weighted by atomic mass is 16.4. The number of carboxylic acids is 1. The van der Waals surface area contributed by atoms with Gasteiger partial charge in [0.25, 0.3) is 0 Å². The maximum atomic E-state index is 11.1. The lowest BCUT2D eigenvalue weighted by Gasteiger charge is -2.08. The van der Waals surface area contributed by atoms with E-state index >= 15 is 0 Å². The summed E-state index contributed by atoms with van der Waals surface area (Å²) in [5.41, 5.74) is 3.97. The van der Waals surface area contributed by atoms with Gasteiger partial charge in [-0.05, 0) is 47.9 Å². The van der Waals surface area contributed by atoms with Crippen molar-refractivity contribution in [2.75, 3.05) is 0 Å². The van der Waals surface area contributed by atoms with Crippen molar-refractivity contribution < 1.29 is 14.3 Å². The molecule has 0 saturated heterocycles. The molecule has 0 amide bonds. The van der Waals surface area contributed by atoms with E-state index in [1.807, 2.05) is 37.3 Å². The van der Waals surface area contributed by atoms with Gasteiger partial charge in [-0.1, -0.05) is 18.2 Å². The molecule has 1 heterocycles. The Hall–Kier alpha value is -2.95. The zero-order valence-corrected chi connectivity index (χ0v) is 12.2. The Morgan fingerprint density at radius 3 is 2.27 bits per heavy atom. The van der Waals surface area contributed by atoms with Crippen molar-refractivity contribution in [1.29, 1.82) is 0 Å². The smallest absolute Gasteiger partial charge is 0.335 e. The van der Waals surface area contributed by atoms with E-state index in [1.165, 1.54) is 0 Å². The number of rotatable bonds is 3. The molecule has 5 heteroatoms. The Bertz CT molecular complexity index is 835. The highest BCUT2D eigenvalue weighted by molar-refractivity contribution is 5.90. The monoisotopic (exact) mass is 294 g/mol. The third-order valence-electron chi connectivity index (χ3n) is 3.45. The molecule has 0 spiro atoms. The van der Waals surface area contributed by atoms with Crippen LogP contribution in [0.1, 0.15) is 21.8 Å². The average molecular weight is 294 g/mol. The number of aryl methyl sites for hydroxylation is 2. The molecule has 0 saturated carbocycles. The molecule has 110 valence electrons. The fourth-order valence-electron chi connectivity index (χ4n) is 2.27. The quantitative estimate of drug-likeness (QED) is 0.796. The van der Waals surface area contributed by atoms with Crippen LogP contribution in [0.25, 0.3) is 22.6 Å². The molecule has 0 aliphatic carbocycles. The zero-order chi connectivity index (χ0) is 15.7. The first-order chi connectivity index (χ1) is 10.5. The topological polar surface area (TPSA) is 76.2 Å². The van der Waals surface area contributed by atoms with Gasteiger partial charge in [-0.2, -0.15) is 0 Å². The molecule has 0 fully saturated rings. The van der Waals surface area contributed by atoms with Gasteiger partial charge >= 0.3 is 5.97 Å². The van der Waals surface area contributed by atoms with Crippen LogP contribution in [0.5, 0.6) is 0 Å².